The summed E-state index contributed by atoms with van der Waals surface area (Å²) in [5, 5.41) is 16.1. The number of rotatable bonds is 2. The molecule has 1 fully saturated rings. The summed E-state index contributed by atoms with van der Waals surface area (Å²) >= 11 is 0. The molecule has 0 atom stereocenters. The molecule has 1 saturated carbocycles. The van der Waals surface area contributed by atoms with Crippen LogP contribution in [0.2, 0.25) is 19.6 Å². The van der Waals surface area contributed by atoms with Crippen LogP contribution in [0.3, 0.4) is 0 Å². The van der Waals surface area contributed by atoms with Crippen LogP contribution < -0.4 is 10.6 Å². The minimum Gasteiger partial charge on any atom is -0.333 e. The molecule has 0 radical (unpaired) electrons. The molecule has 0 bridgehead atoms. The van der Waals surface area contributed by atoms with Crippen LogP contribution in [0.5, 0.6) is 0 Å². The van der Waals surface area contributed by atoms with Gasteiger partial charge >= 0.3 is 0 Å². The van der Waals surface area contributed by atoms with Gasteiger partial charge in [0.25, 0.3) is 0 Å². The Bertz CT molecular complexity index is 897. The average Bonchev–Trinajstić information content (AvgIpc) is 3.14. The van der Waals surface area contributed by atoms with Crippen molar-refractivity contribution in [3.63, 3.8) is 0 Å². The second-order valence-corrected chi connectivity index (χ2v) is 12.6. The van der Waals surface area contributed by atoms with E-state index in [0.717, 1.165) is 12.8 Å². The number of pyridine rings is 1. The third-order valence-electron chi connectivity index (χ3n) is 4.31. The Morgan fingerprint density at radius 1 is 1.26 bits per heavy atom. The molecule has 5 nitrogen and oxygen atoms in total. The fourth-order valence-electron chi connectivity index (χ4n) is 2.99. The summed E-state index contributed by atoms with van der Waals surface area (Å²) in [7, 11) is -1.48. The molecule has 2 aliphatic rings. The second kappa shape index (κ2) is 8.24. The van der Waals surface area contributed by atoms with Gasteiger partial charge < -0.3 is 10.6 Å². The van der Waals surface area contributed by atoms with Crippen LogP contribution in [-0.2, 0) is 0 Å². The molecule has 138 valence electrons. The number of aliphatic imine (C=N–C) groups is 1. The number of hydrogen-bond donors (Lipinski definition) is 2. The summed E-state index contributed by atoms with van der Waals surface area (Å²) in [4.78, 5) is 9.32. The molecule has 3 rings (SSSR count). The fraction of sp³-hybridized carbons (Fsp3) is 0.381. The number of aromatic nitrogens is 1. The molecule has 0 amide bonds. The molecule has 0 unspecified atom stereocenters. The van der Waals surface area contributed by atoms with E-state index in [0.29, 0.717) is 34.7 Å². The maximum atomic E-state index is 9.74. The zero-order valence-corrected chi connectivity index (χ0v) is 17.1. The third-order valence-corrected chi connectivity index (χ3v) is 5.19. The molecule has 27 heavy (non-hydrogen) atoms. The van der Waals surface area contributed by atoms with Gasteiger partial charge in [0, 0.05) is 6.20 Å². The van der Waals surface area contributed by atoms with Crippen LogP contribution in [0.15, 0.2) is 41.2 Å². The zero-order valence-electron chi connectivity index (χ0n) is 16.1. The normalized spacial score (nSPS) is 20.3. The molecular weight excluding hydrogens is 350 g/mol. The number of nitriles is 1. The minimum atomic E-state index is -1.48. The second-order valence-electron chi connectivity index (χ2n) is 7.83. The lowest BCUT2D eigenvalue weighted by atomic mass is 10.1. The molecule has 1 aliphatic carbocycles. The van der Waals surface area contributed by atoms with E-state index in [-0.39, 0.29) is 0 Å². The third kappa shape index (κ3) is 5.32. The minimum absolute atomic E-state index is 0.358. The zero-order chi connectivity index (χ0) is 19.3. The Morgan fingerprint density at radius 3 is 2.74 bits per heavy atom. The first-order chi connectivity index (χ1) is 12.9. The summed E-state index contributed by atoms with van der Waals surface area (Å²) in [5.74, 6) is 3.85. The molecule has 2 N–H and O–H groups in total. The van der Waals surface area contributed by atoms with Gasteiger partial charge in [0.2, 0.25) is 0 Å². The first kappa shape index (κ1) is 18.9. The van der Waals surface area contributed by atoms with Crippen molar-refractivity contribution in [1.82, 2.24) is 15.6 Å². The van der Waals surface area contributed by atoms with Crippen molar-refractivity contribution >= 4 is 19.6 Å². The highest BCUT2D eigenvalue weighted by Gasteiger charge is 2.18. The van der Waals surface area contributed by atoms with Gasteiger partial charge in [-0.2, -0.15) is 5.26 Å². The molecule has 1 aromatic heterocycles. The van der Waals surface area contributed by atoms with Crippen molar-refractivity contribution in [2.24, 2.45) is 4.99 Å². The Kier molecular flexibility index (Phi) is 5.78. The highest BCUT2D eigenvalue weighted by atomic mass is 28.3. The Labute approximate surface area is 162 Å². The molecule has 1 aliphatic heterocycles. The summed E-state index contributed by atoms with van der Waals surface area (Å²) in [6, 6.07) is 8.26. The average molecular weight is 376 g/mol. The van der Waals surface area contributed by atoms with Gasteiger partial charge in [0.1, 0.15) is 25.4 Å². The lowest BCUT2D eigenvalue weighted by Crippen LogP contribution is -2.38. The quantitative estimate of drug-likeness (QED) is 0.471. The van der Waals surface area contributed by atoms with E-state index in [9.17, 15) is 5.26 Å². The van der Waals surface area contributed by atoms with Crippen molar-refractivity contribution in [3.8, 4) is 17.5 Å². The Morgan fingerprint density at radius 2 is 2.04 bits per heavy atom. The van der Waals surface area contributed by atoms with E-state index in [1.807, 2.05) is 30.5 Å². The summed E-state index contributed by atoms with van der Waals surface area (Å²) in [5.41, 5.74) is 5.83. The molecular formula is C21H25N5Si. The monoisotopic (exact) mass is 375 g/mol. The number of allylic oxidation sites excluding steroid dienone is 2. The van der Waals surface area contributed by atoms with Gasteiger partial charge in [-0.15, -0.1) is 5.54 Å². The topological polar surface area (TPSA) is 73.1 Å². The van der Waals surface area contributed by atoms with Crippen molar-refractivity contribution in [3.05, 3.63) is 47.6 Å². The SMILES string of the molecule is C[Si](C)(C)C#Cc1cccc(/C(C#N)=C2\C=CNC(=NC3CCCC3)N2)n1. The highest BCUT2D eigenvalue weighted by molar-refractivity contribution is 6.83. The van der Waals surface area contributed by atoms with Gasteiger partial charge in [-0.3, -0.25) is 0 Å². The lowest BCUT2D eigenvalue weighted by Gasteiger charge is -2.18. The van der Waals surface area contributed by atoms with E-state index in [1.54, 1.807) is 0 Å². The van der Waals surface area contributed by atoms with Gasteiger partial charge in [0.15, 0.2) is 5.96 Å². The van der Waals surface area contributed by atoms with Crippen molar-refractivity contribution in [1.29, 1.82) is 5.26 Å². The molecule has 2 heterocycles. The Hall–Kier alpha value is -2.83. The van der Waals surface area contributed by atoms with E-state index in [4.69, 9.17) is 4.99 Å². The van der Waals surface area contributed by atoms with Crippen LogP contribution in [0.1, 0.15) is 37.1 Å². The maximum absolute atomic E-state index is 9.74. The molecule has 1 aromatic rings. The van der Waals surface area contributed by atoms with Gasteiger partial charge in [-0.1, -0.05) is 44.5 Å². The summed E-state index contributed by atoms with van der Waals surface area (Å²) in [6.45, 7) is 6.59. The first-order valence-electron chi connectivity index (χ1n) is 9.37. The Balaban J connectivity index is 1.89. The van der Waals surface area contributed by atoms with Crippen molar-refractivity contribution < 1.29 is 0 Å². The van der Waals surface area contributed by atoms with E-state index in [1.165, 1.54) is 12.8 Å². The maximum Gasteiger partial charge on any atom is 0.200 e. The number of nitrogens with one attached hydrogen (secondary N) is 2. The van der Waals surface area contributed by atoms with Crippen LogP contribution in [0, 0.1) is 22.8 Å². The number of hydrogen-bond acceptors (Lipinski definition) is 3. The van der Waals surface area contributed by atoms with Crippen molar-refractivity contribution in [2.45, 2.75) is 51.4 Å². The van der Waals surface area contributed by atoms with Gasteiger partial charge in [0.05, 0.1) is 17.4 Å². The highest BCUT2D eigenvalue weighted by Crippen LogP contribution is 2.22. The van der Waals surface area contributed by atoms with Crippen LogP contribution in [0.4, 0.5) is 0 Å². The fourth-order valence-corrected chi connectivity index (χ4v) is 3.49. The van der Waals surface area contributed by atoms with Gasteiger partial charge in [-0.05, 0) is 31.1 Å². The standard InChI is InChI=1S/C21H25N5Si/c1-27(2,3)14-12-17-9-6-10-19(24-17)18(15-22)20-11-13-23-21(26-20)25-16-7-4-5-8-16/h6,9-11,13,16H,4-5,7-8H2,1-3H3,(H2,23,25,26)/b20-18+. The van der Waals surface area contributed by atoms with E-state index in [2.05, 4.69) is 52.8 Å². The molecule has 0 saturated heterocycles. The van der Waals surface area contributed by atoms with Crippen molar-refractivity contribution in [2.75, 3.05) is 0 Å². The van der Waals surface area contributed by atoms with Gasteiger partial charge in [-0.25, -0.2) is 9.98 Å². The summed E-state index contributed by atoms with van der Waals surface area (Å²) in [6.07, 6.45) is 8.37. The number of guanidine groups is 1. The predicted octanol–water partition coefficient (Wildman–Crippen LogP) is 3.55. The molecule has 6 heteroatoms. The van der Waals surface area contributed by atoms with Crippen LogP contribution in [-0.4, -0.2) is 25.1 Å². The first-order valence-corrected chi connectivity index (χ1v) is 12.9. The lowest BCUT2D eigenvalue weighted by molar-refractivity contribution is 0.696. The van der Waals surface area contributed by atoms with Crippen LogP contribution in [0.25, 0.3) is 5.57 Å². The summed E-state index contributed by atoms with van der Waals surface area (Å²) < 4.78 is 0. The van der Waals surface area contributed by atoms with E-state index < -0.39 is 8.07 Å². The molecule has 0 spiro atoms. The smallest absolute Gasteiger partial charge is 0.200 e. The van der Waals surface area contributed by atoms with Crippen LogP contribution >= 0.6 is 0 Å². The largest absolute Gasteiger partial charge is 0.333 e. The molecule has 0 aromatic carbocycles. The predicted molar refractivity (Wildman–Crippen MR) is 112 cm³/mol. The number of nitrogens with zero attached hydrogens (tertiary/aromatic N) is 3. The van der Waals surface area contributed by atoms with E-state index >= 15 is 0 Å².